The number of aromatic nitrogens is 4. The number of carbonyl (C=O) groups is 2. The Morgan fingerprint density at radius 2 is 1.69 bits per heavy atom. The van der Waals surface area contributed by atoms with Crippen molar-refractivity contribution in [1.29, 1.82) is 0 Å². The van der Waals surface area contributed by atoms with Gasteiger partial charge in [0, 0.05) is 11.1 Å². The van der Waals surface area contributed by atoms with Gasteiger partial charge in [0.05, 0.1) is 22.5 Å². The quantitative estimate of drug-likeness (QED) is 0.266. The minimum absolute atomic E-state index is 0.0489. The van der Waals surface area contributed by atoms with Crippen molar-refractivity contribution in [3.8, 4) is 0 Å². The number of fused-ring (bicyclic) bond motifs is 3. The molecule has 174 valence electrons. The van der Waals surface area contributed by atoms with Crippen molar-refractivity contribution in [2.45, 2.75) is 12.1 Å². The van der Waals surface area contributed by atoms with Crippen LogP contribution in [0, 0.1) is 12.7 Å². The van der Waals surface area contributed by atoms with E-state index in [1.54, 1.807) is 35.7 Å². The number of halogens is 1. The predicted octanol–water partition coefficient (Wildman–Crippen LogP) is 4.71. The fourth-order valence-electron chi connectivity index (χ4n) is 3.56. The number of benzene rings is 3. The molecule has 35 heavy (non-hydrogen) atoms. The molecule has 0 saturated carbocycles. The van der Waals surface area contributed by atoms with Gasteiger partial charge in [-0.3, -0.25) is 9.59 Å². The zero-order valence-corrected chi connectivity index (χ0v) is 19.3. The van der Waals surface area contributed by atoms with Crippen LogP contribution >= 0.6 is 11.8 Å². The van der Waals surface area contributed by atoms with Crippen LogP contribution in [0.1, 0.15) is 16.2 Å². The second-order valence-electron chi connectivity index (χ2n) is 7.65. The molecule has 2 aromatic heterocycles. The summed E-state index contributed by atoms with van der Waals surface area (Å²) in [5.74, 6) is -0.469. The number of nitrogens with one attached hydrogen (secondary N) is 2. The maximum Gasteiger partial charge on any atom is 0.257 e. The predicted molar refractivity (Wildman–Crippen MR) is 133 cm³/mol. The number of thioether (sulfide) groups is 1. The Balaban J connectivity index is 1.32. The summed E-state index contributed by atoms with van der Waals surface area (Å²) in [4.78, 5) is 34.7. The number of amides is 2. The number of rotatable bonds is 6. The molecule has 0 aliphatic rings. The SMILES string of the molecule is Cc1nc2c3ccccc3nc(SCC(=O)Nc3ccccc3C(=O)Nc3ccc(F)cc3)n2n1. The zero-order valence-electron chi connectivity index (χ0n) is 18.5. The highest BCUT2D eigenvalue weighted by Gasteiger charge is 2.16. The number of hydrogen-bond acceptors (Lipinski definition) is 6. The Morgan fingerprint density at radius 3 is 2.51 bits per heavy atom. The van der Waals surface area contributed by atoms with Gasteiger partial charge in [-0.05, 0) is 55.5 Å². The van der Waals surface area contributed by atoms with Gasteiger partial charge in [0.25, 0.3) is 5.91 Å². The molecule has 0 atom stereocenters. The molecule has 0 aliphatic heterocycles. The van der Waals surface area contributed by atoms with E-state index in [1.165, 1.54) is 36.0 Å². The van der Waals surface area contributed by atoms with Crippen molar-refractivity contribution < 1.29 is 14.0 Å². The molecule has 0 bridgehead atoms. The third kappa shape index (κ3) is 4.82. The summed E-state index contributed by atoms with van der Waals surface area (Å²) >= 11 is 1.22. The van der Waals surface area contributed by atoms with Gasteiger partial charge in [0.1, 0.15) is 11.6 Å². The molecular weight excluding hydrogens is 467 g/mol. The van der Waals surface area contributed by atoms with E-state index in [0.29, 0.717) is 28.0 Å². The molecule has 10 heteroatoms. The summed E-state index contributed by atoms with van der Waals surface area (Å²) in [7, 11) is 0. The van der Waals surface area contributed by atoms with Crippen LogP contribution in [-0.4, -0.2) is 37.1 Å². The standard InChI is InChI=1S/C25H19FN6O2S/c1-15-27-23-18-6-2-4-8-20(18)30-25(32(23)31-15)35-14-22(33)29-21-9-5-3-7-19(21)24(34)28-17-12-10-16(26)11-13-17/h2-13H,14H2,1H3,(H,28,34)(H,29,33). The van der Waals surface area contributed by atoms with Crippen LogP contribution in [0.3, 0.4) is 0 Å². The first-order chi connectivity index (χ1) is 17.0. The molecule has 0 aliphatic carbocycles. The first kappa shape index (κ1) is 22.5. The Bertz CT molecular complexity index is 1570. The van der Waals surface area contributed by atoms with Crippen LogP contribution in [0.5, 0.6) is 0 Å². The molecule has 0 radical (unpaired) electrons. The van der Waals surface area contributed by atoms with E-state index < -0.39 is 11.7 Å². The third-order valence-corrected chi connectivity index (χ3v) is 6.06. The highest BCUT2D eigenvalue weighted by atomic mass is 32.2. The number of para-hydroxylation sites is 2. The normalized spacial score (nSPS) is 11.0. The number of carbonyl (C=O) groups excluding carboxylic acids is 2. The molecule has 8 nitrogen and oxygen atoms in total. The number of hydrogen-bond donors (Lipinski definition) is 2. The summed E-state index contributed by atoms with van der Waals surface area (Å²) in [5, 5.41) is 11.3. The van der Waals surface area contributed by atoms with Gasteiger partial charge in [0.2, 0.25) is 5.91 Å². The second-order valence-corrected chi connectivity index (χ2v) is 8.59. The van der Waals surface area contributed by atoms with Gasteiger partial charge in [-0.1, -0.05) is 36.0 Å². The van der Waals surface area contributed by atoms with Gasteiger partial charge in [0.15, 0.2) is 10.8 Å². The van der Waals surface area contributed by atoms with Crippen molar-refractivity contribution in [2.75, 3.05) is 16.4 Å². The monoisotopic (exact) mass is 486 g/mol. The lowest BCUT2D eigenvalue weighted by Crippen LogP contribution is -2.19. The van der Waals surface area contributed by atoms with E-state index in [-0.39, 0.29) is 17.2 Å². The van der Waals surface area contributed by atoms with Gasteiger partial charge in [-0.15, -0.1) is 5.10 Å². The minimum Gasteiger partial charge on any atom is -0.325 e. The van der Waals surface area contributed by atoms with Crippen molar-refractivity contribution in [3.63, 3.8) is 0 Å². The van der Waals surface area contributed by atoms with Gasteiger partial charge >= 0.3 is 0 Å². The van der Waals surface area contributed by atoms with E-state index in [2.05, 4.69) is 25.7 Å². The molecule has 0 unspecified atom stereocenters. The topological polar surface area (TPSA) is 101 Å². The molecule has 5 rings (SSSR count). The Kier molecular flexibility index (Phi) is 6.11. The van der Waals surface area contributed by atoms with E-state index in [4.69, 9.17) is 0 Å². The summed E-state index contributed by atoms with van der Waals surface area (Å²) in [6.07, 6.45) is 0. The summed E-state index contributed by atoms with van der Waals surface area (Å²) in [6, 6.07) is 19.8. The third-order valence-electron chi connectivity index (χ3n) is 5.14. The molecule has 0 spiro atoms. The summed E-state index contributed by atoms with van der Waals surface area (Å²) in [5.41, 5.74) is 2.54. The number of aryl methyl sites for hydroxylation is 1. The molecule has 2 N–H and O–H groups in total. The smallest absolute Gasteiger partial charge is 0.257 e. The molecule has 0 fully saturated rings. The van der Waals surface area contributed by atoms with Crippen molar-refractivity contribution in [1.82, 2.24) is 19.6 Å². The Labute approximate surface area is 203 Å². The van der Waals surface area contributed by atoms with Gasteiger partial charge in [-0.2, -0.15) is 4.52 Å². The van der Waals surface area contributed by atoms with E-state index in [0.717, 1.165) is 10.9 Å². The molecule has 5 aromatic rings. The zero-order chi connectivity index (χ0) is 24.4. The van der Waals surface area contributed by atoms with E-state index in [9.17, 15) is 14.0 Å². The number of nitrogens with zero attached hydrogens (tertiary/aromatic N) is 4. The van der Waals surface area contributed by atoms with Crippen LogP contribution < -0.4 is 10.6 Å². The lowest BCUT2D eigenvalue weighted by molar-refractivity contribution is -0.113. The molecule has 2 heterocycles. The Morgan fingerprint density at radius 1 is 0.943 bits per heavy atom. The molecular formula is C25H19FN6O2S. The fraction of sp³-hybridized carbons (Fsp3) is 0.0800. The lowest BCUT2D eigenvalue weighted by Gasteiger charge is -2.12. The minimum atomic E-state index is -0.420. The van der Waals surface area contributed by atoms with Crippen molar-refractivity contribution in [3.05, 3.63) is 90.0 Å². The second kappa shape index (κ2) is 9.51. The highest BCUT2D eigenvalue weighted by Crippen LogP contribution is 2.24. The Hall–Kier alpha value is -4.31. The average Bonchev–Trinajstić information content (AvgIpc) is 3.26. The summed E-state index contributed by atoms with van der Waals surface area (Å²) in [6.45, 7) is 1.80. The largest absolute Gasteiger partial charge is 0.325 e. The molecule has 0 saturated heterocycles. The van der Waals surface area contributed by atoms with E-state index in [1.807, 2.05) is 24.3 Å². The maximum absolute atomic E-state index is 13.1. The van der Waals surface area contributed by atoms with Crippen molar-refractivity contribution >= 4 is 51.5 Å². The fourth-order valence-corrected chi connectivity index (χ4v) is 4.31. The van der Waals surface area contributed by atoms with Crippen molar-refractivity contribution in [2.24, 2.45) is 0 Å². The highest BCUT2D eigenvalue weighted by molar-refractivity contribution is 7.99. The average molecular weight is 487 g/mol. The summed E-state index contributed by atoms with van der Waals surface area (Å²) < 4.78 is 14.8. The maximum atomic E-state index is 13.1. The molecule has 2 amide bonds. The van der Waals surface area contributed by atoms with Crippen LogP contribution in [0.25, 0.3) is 16.6 Å². The van der Waals surface area contributed by atoms with Gasteiger partial charge in [-0.25, -0.2) is 14.4 Å². The first-order valence-corrected chi connectivity index (χ1v) is 11.7. The van der Waals surface area contributed by atoms with E-state index >= 15 is 0 Å². The van der Waals surface area contributed by atoms with Crippen LogP contribution in [0.4, 0.5) is 15.8 Å². The van der Waals surface area contributed by atoms with Crippen LogP contribution in [0.15, 0.2) is 78.0 Å². The van der Waals surface area contributed by atoms with Crippen LogP contribution in [0.2, 0.25) is 0 Å². The van der Waals surface area contributed by atoms with Crippen LogP contribution in [-0.2, 0) is 4.79 Å². The lowest BCUT2D eigenvalue weighted by atomic mass is 10.1. The first-order valence-electron chi connectivity index (χ1n) is 10.7. The van der Waals surface area contributed by atoms with Gasteiger partial charge < -0.3 is 10.6 Å². The number of anilines is 2. The molecule has 3 aromatic carbocycles.